The second-order valence-corrected chi connectivity index (χ2v) is 6.35. The van der Waals surface area contributed by atoms with Crippen molar-refractivity contribution in [1.82, 2.24) is 9.97 Å². The smallest absolute Gasteiger partial charge is 0.354 e. The molecule has 1 aromatic carbocycles. The van der Waals surface area contributed by atoms with E-state index in [0.29, 0.717) is 24.6 Å². The van der Waals surface area contributed by atoms with Crippen molar-refractivity contribution >= 4 is 17.5 Å². The average Bonchev–Trinajstić information content (AvgIpc) is 2.56. The first-order valence-corrected chi connectivity index (χ1v) is 8.50. The number of rotatable bonds is 6. The molecule has 0 fully saturated rings. The molecule has 0 aliphatic carbocycles. The molecule has 2 aromatic rings. The molecular weight excluding hydrogens is 402 g/mol. The van der Waals surface area contributed by atoms with Crippen molar-refractivity contribution in [2.45, 2.75) is 39.0 Å². The number of carbonyl (C=O) groups is 1. The Hall–Kier alpha value is -2.85. The van der Waals surface area contributed by atoms with Crippen LogP contribution in [0, 0.1) is 13.8 Å². The minimum Gasteiger partial charge on any atom is -0.354 e. The van der Waals surface area contributed by atoms with Crippen LogP contribution in [0.1, 0.15) is 35.4 Å². The zero-order valence-corrected chi connectivity index (χ0v) is 15.5. The summed E-state index contributed by atoms with van der Waals surface area (Å²) in [5.74, 6) is -0.337. The van der Waals surface area contributed by atoms with Gasteiger partial charge in [0.15, 0.2) is 0 Å². The number of benzene rings is 1. The van der Waals surface area contributed by atoms with Crippen LogP contribution in [0.2, 0.25) is 0 Å². The predicted octanol–water partition coefficient (Wildman–Crippen LogP) is 4.96. The van der Waals surface area contributed by atoms with Gasteiger partial charge in [0.05, 0.1) is 11.1 Å². The van der Waals surface area contributed by atoms with Gasteiger partial charge >= 0.3 is 12.4 Å². The SMILES string of the molecule is Cc1cc(C)nc(NCCCC(=O)Nc2cc(C(F)(F)F)cc(C(F)(F)F)c2)n1. The molecule has 5 nitrogen and oxygen atoms in total. The topological polar surface area (TPSA) is 66.9 Å². The van der Waals surface area contributed by atoms with Gasteiger partial charge in [-0.2, -0.15) is 26.3 Å². The van der Waals surface area contributed by atoms with Gasteiger partial charge in [0.25, 0.3) is 0 Å². The molecule has 0 aliphatic rings. The summed E-state index contributed by atoms with van der Waals surface area (Å²) in [6, 6.07) is 2.72. The van der Waals surface area contributed by atoms with Crippen LogP contribution in [-0.2, 0) is 17.1 Å². The minimum atomic E-state index is -4.98. The molecule has 0 spiro atoms. The molecule has 1 amide bonds. The highest BCUT2D eigenvalue weighted by molar-refractivity contribution is 5.90. The predicted molar refractivity (Wildman–Crippen MR) is 94.3 cm³/mol. The van der Waals surface area contributed by atoms with Crippen LogP contribution >= 0.6 is 0 Å². The number of alkyl halides is 6. The minimum absolute atomic E-state index is 0.00339. The fraction of sp³-hybridized carbons (Fsp3) is 0.389. The van der Waals surface area contributed by atoms with Gasteiger partial charge in [0.2, 0.25) is 11.9 Å². The van der Waals surface area contributed by atoms with Crippen molar-refractivity contribution in [3.63, 3.8) is 0 Å². The van der Waals surface area contributed by atoms with Gasteiger partial charge in [-0.1, -0.05) is 0 Å². The van der Waals surface area contributed by atoms with Crippen molar-refractivity contribution in [3.05, 3.63) is 46.8 Å². The van der Waals surface area contributed by atoms with Crippen molar-refractivity contribution in [1.29, 1.82) is 0 Å². The first-order chi connectivity index (χ1) is 13.3. The third kappa shape index (κ3) is 6.91. The Morgan fingerprint density at radius 3 is 1.90 bits per heavy atom. The molecular formula is C18H18F6N4O. The summed E-state index contributed by atoms with van der Waals surface area (Å²) in [5, 5.41) is 4.99. The highest BCUT2D eigenvalue weighted by atomic mass is 19.4. The van der Waals surface area contributed by atoms with Crippen LogP contribution in [0.5, 0.6) is 0 Å². The number of hydrogen-bond donors (Lipinski definition) is 2. The summed E-state index contributed by atoms with van der Waals surface area (Å²) in [6.07, 6.45) is -9.80. The van der Waals surface area contributed by atoms with Gasteiger partial charge in [-0.3, -0.25) is 4.79 Å². The quantitative estimate of drug-likeness (QED) is 0.512. The lowest BCUT2D eigenvalue weighted by Crippen LogP contribution is -2.16. The number of anilines is 2. The maximum Gasteiger partial charge on any atom is 0.416 e. The second kappa shape index (κ2) is 8.66. The van der Waals surface area contributed by atoms with Crippen molar-refractivity contribution in [2.75, 3.05) is 17.2 Å². The summed E-state index contributed by atoms with van der Waals surface area (Å²) in [7, 11) is 0. The molecule has 0 bridgehead atoms. The third-order valence-electron chi connectivity index (χ3n) is 3.72. The summed E-state index contributed by atoms with van der Waals surface area (Å²) in [6.45, 7) is 3.88. The van der Waals surface area contributed by atoms with E-state index in [1.165, 1.54) is 0 Å². The number of amides is 1. The molecule has 0 unspecified atom stereocenters. The third-order valence-corrected chi connectivity index (χ3v) is 3.72. The number of aryl methyl sites for hydroxylation is 2. The van der Waals surface area contributed by atoms with E-state index in [2.05, 4.69) is 20.6 Å². The van der Waals surface area contributed by atoms with E-state index in [1.807, 2.05) is 0 Å². The largest absolute Gasteiger partial charge is 0.416 e. The molecule has 0 aliphatic heterocycles. The van der Waals surface area contributed by atoms with Crippen molar-refractivity contribution < 1.29 is 31.1 Å². The number of halogens is 6. The van der Waals surface area contributed by atoms with E-state index in [9.17, 15) is 31.1 Å². The molecule has 0 radical (unpaired) electrons. The number of nitrogens with zero attached hydrogens (tertiary/aromatic N) is 2. The highest BCUT2D eigenvalue weighted by Crippen LogP contribution is 2.37. The second-order valence-electron chi connectivity index (χ2n) is 6.35. The van der Waals surface area contributed by atoms with Crippen LogP contribution < -0.4 is 10.6 Å². The number of hydrogen-bond acceptors (Lipinski definition) is 4. The van der Waals surface area contributed by atoms with Gasteiger partial charge in [-0.25, -0.2) is 9.97 Å². The fourth-order valence-corrected chi connectivity index (χ4v) is 2.50. The van der Waals surface area contributed by atoms with Crippen molar-refractivity contribution in [3.8, 4) is 0 Å². The molecule has 158 valence electrons. The van der Waals surface area contributed by atoms with Crippen LogP contribution in [0.4, 0.5) is 38.0 Å². The lowest BCUT2D eigenvalue weighted by molar-refractivity contribution is -0.143. The number of nitrogens with one attached hydrogen (secondary N) is 2. The van der Waals surface area contributed by atoms with Gasteiger partial charge in [0, 0.05) is 30.0 Å². The first kappa shape index (κ1) is 22.4. The van der Waals surface area contributed by atoms with Gasteiger partial charge < -0.3 is 10.6 Å². The summed E-state index contributed by atoms with van der Waals surface area (Å²) < 4.78 is 77.0. The fourth-order valence-electron chi connectivity index (χ4n) is 2.50. The molecule has 2 rings (SSSR count). The maximum atomic E-state index is 12.8. The van der Waals surface area contributed by atoms with Gasteiger partial charge in [0.1, 0.15) is 0 Å². The Morgan fingerprint density at radius 1 is 0.897 bits per heavy atom. The van der Waals surface area contributed by atoms with E-state index in [0.717, 1.165) is 11.4 Å². The molecule has 29 heavy (non-hydrogen) atoms. The average molecular weight is 420 g/mol. The van der Waals surface area contributed by atoms with Crippen LogP contribution in [0.3, 0.4) is 0 Å². The van der Waals surface area contributed by atoms with E-state index >= 15 is 0 Å². The zero-order valence-electron chi connectivity index (χ0n) is 15.5. The molecule has 0 saturated heterocycles. The Morgan fingerprint density at radius 2 is 1.41 bits per heavy atom. The van der Waals surface area contributed by atoms with Gasteiger partial charge in [-0.05, 0) is 44.5 Å². The Balaban J connectivity index is 1.97. The van der Waals surface area contributed by atoms with Crippen LogP contribution in [0.15, 0.2) is 24.3 Å². The van der Waals surface area contributed by atoms with Gasteiger partial charge in [-0.15, -0.1) is 0 Å². The van der Waals surface area contributed by atoms with E-state index in [1.54, 1.807) is 19.9 Å². The normalized spacial score (nSPS) is 12.0. The lowest BCUT2D eigenvalue weighted by atomic mass is 10.1. The highest BCUT2D eigenvalue weighted by Gasteiger charge is 2.37. The van der Waals surface area contributed by atoms with Crippen molar-refractivity contribution in [2.24, 2.45) is 0 Å². The summed E-state index contributed by atoms with van der Waals surface area (Å²) in [4.78, 5) is 20.2. The van der Waals surface area contributed by atoms with E-state index in [-0.39, 0.29) is 18.9 Å². The zero-order chi connectivity index (χ0) is 21.8. The van der Waals surface area contributed by atoms with Crippen LogP contribution in [0.25, 0.3) is 0 Å². The lowest BCUT2D eigenvalue weighted by Gasteiger charge is -2.14. The molecule has 0 atom stereocenters. The molecule has 0 saturated carbocycles. The Labute approximate surface area is 162 Å². The van der Waals surface area contributed by atoms with E-state index in [4.69, 9.17) is 0 Å². The molecule has 1 aromatic heterocycles. The Kier molecular flexibility index (Phi) is 6.70. The standard InChI is InChI=1S/C18H18F6N4O/c1-10-6-11(2)27-16(26-10)25-5-3-4-15(29)28-14-8-12(17(19,20)21)7-13(9-14)18(22,23)24/h6-9H,3-5H2,1-2H3,(H,28,29)(H,25,26,27). The summed E-state index contributed by atoms with van der Waals surface area (Å²) >= 11 is 0. The number of carbonyl (C=O) groups excluding carboxylic acids is 1. The monoisotopic (exact) mass is 420 g/mol. The number of aromatic nitrogens is 2. The summed E-state index contributed by atoms with van der Waals surface area (Å²) in [5.41, 5.74) is -2.04. The van der Waals surface area contributed by atoms with Crippen LogP contribution in [-0.4, -0.2) is 22.4 Å². The molecule has 1 heterocycles. The molecule has 11 heteroatoms. The molecule has 2 N–H and O–H groups in total. The van der Waals surface area contributed by atoms with E-state index < -0.39 is 35.1 Å². The maximum absolute atomic E-state index is 12.8. The first-order valence-electron chi connectivity index (χ1n) is 8.50. The Bertz CT molecular complexity index is 827.